The Labute approximate surface area is 86.3 Å². The Hall–Kier alpha value is -0.0700. The lowest BCUT2D eigenvalue weighted by Gasteiger charge is -2.57. The maximum absolute atomic E-state index is 12.3. The van der Waals surface area contributed by atoms with Gasteiger partial charge in [0.15, 0.2) is 0 Å². The Morgan fingerprint density at radius 1 is 0.929 bits per heavy atom. The molecule has 1 heteroatoms. The molecule has 4 aliphatic carbocycles. The lowest BCUT2D eigenvalue weighted by atomic mass is 9.48. The molecule has 0 atom stereocenters. The van der Waals surface area contributed by atoms with Gasteiger partial charge in [0.25, 0.3) is 0 Å². The van der Waals surface area contributed by atoms with Crippen molar-refractivity contribution in [1.29, 1.82) is 0 Å². The fourth-order valence-electron chi connectivity index (χ4n) is 5.04. The van der Waals surface area contributed by atoms with E-state index in [2.05, 4.69) is 0 Å². The van der Waals surface area contributed by atoms with Crippen LogP contribution in [0, 0.1) is 23.2 Å². The number of rotatable bonds is 3. The number of hydrogen-bond donors (Lipinski definition) is 0. The molecular formula is C13H21F. The van der Waals surface area contributed by atoms with Crippen LogP contribution in [0.2, 0.25) is 0 Å². The van der Waals surface area contributed by atoms with Crippen molar-refractivity contribution in [2.75, 3.05) is 6.67 Å². The van der Waals surface area contributed by atoms with Crippen LogP contribution in [-0.2, 0) is 0 Å². The summed E-state index contributed by atoms with van der Waals surface area (Å²) in [6, 6.07) is 0. The molecule has 0 heterocycles. The van der Waals surface area contributed by atoms with Gasteiger partial charge in [-0.1, -0.05) is 0 Å². The molecule has 0 saturated heterocycles. The summed E-state index contributed by atoms with van der Waals surface area (Å²) in [6.07, 6.45) is 10.9. The summed E-state index contributed by atoms with van der Waals surface area (Å²) in [5.41, 5.74) is 0.612. The van der Waals surface area contributed by atoms with Gasteiger partial charge in [0, 0.05) is 0 Å². The molecule has 0 nitrogen and oxygen atoms in total. The molecule has 0 aliphatic heterocycles. The van der Waals surface area contributed by atoms with Gasteiger partial charge in [0.1, 0.15) is 0 Å². The van der Waals surface area contributed by atoms with E-state index in [0.29, 0.717) is 5.41 Å². The first-order valence-electron chi connectivity index (χ1n) is 6.36. The zero-order chi connectivity index (χ0) is 9.60. The second-order valence-electron chi connectivity index (χ2n) is 6.21. The molecule has 80 valence electrons. The Morgan fingerprint density at radius 2 is 1.43 bits per heavy atom. The fourth-order valence-corrected chi connectivity index (χ4v) is 5.04. The first-order valence-corrected chi connectivity index (χ1v) is 6.36. The largest absolute Gasteiger partial charge is 0.251 e. The van der Waals surface area contributed by atoms with Gasteiger partial charge in [-0.15, -0.1) is 0 Å². The molecule has 0 aromatic heterocycles. The summed E-state index contributed by atoms with van der Waals surface area (Å²) in [5, 5.41) is 0. The van der Waals surface area contributed by atoms with E-state index in [9.17, 15) is 4.39 Å². The Kier molecular flexibility index (Phi) is 2.11. The van der Waals surface area contributed by atoms with Gasteiger partial charge in [0.05, 0.1) is 6.67 Å². The van der Waals surface area contributed by atoms with Crippen LogP contribution in [0.5, 0.6) is 0 Å². The highest BCUT2D eigenvalue weighted by Crippen LogP contribution is 2.61. The molecule has 4 saturated carbocycles. The summed E-state index contributed by atoms with van der Waals surface area (Å²) >= 11 is 0. The normalized spacial score (nSPS) is 49.9. The van der Waals surface area contributed by atoms with Gasteiger partial charge in [0.2, 0.25) is 0 Å². The van der Waals surface area contributed by atoms with Gasteiger partial charge in [-0.3, -0.25) is 4.39 Å². The van der Waals surface area contributed by atoms with Crippen molar-refractivity contribution in [2.24, 2.45) is 23.2 Å². The third-order valence-corrected chi connectivity index (χ3v) is 5.01. The molecule has 4 bridgehead atoms. The van der Waals surface area contributed by atoms with E-state index in [0.717, 1.165) is 24.2 Å². The van der Waals surface area contributed by atoms with Crippen LogP contribution < -0.4 is 0 Å². The van der Waals surface area contributed by atoms with Crippen molar-refractivity contribution in [2.45, 2.75) is 51.4 Å². The molecule has 0 aromatic carbocycles. The maximum atomic E-state index is 12.3. The molecule has 0 spiro atoms. The summed E-state index contributed by atoms with van der Waals surface area (Å²) in [5.74, 6) is 3.09. The average Bonchev–Trinajstić information content (AvgIpc) is 2.12. The zero-order valence-corrected chi connectivity index (χ0v) is 8.97. The monoisotopic (exact) mass is 196 g/mol. The molecule has 4 fully saturated rings. The molecule has 0 aromatic rings. The van der Waals surface area contributed by atoms with E-state index < -0.39 is 0 Å². The topological polar surface area (TPSA) is 0 Å². The van der Waals surface area contributed by atoms with Crippen molar-refractivity contribution in [3.05, 3.63) is 0 Å². The van der Waals surface area contributed by atoms with E-state index in [1.54, 1.807) is 0 Å². The molecule has 0 N–H and O–H groups in total. The van der Waals surface area contributed by atoms with Gasteiger partial charge >= 0.3 is 0 Å². The molecule has 4 aliphatic rings. The van der Waals surface area contributed by atoms with E-state index in [1.807, 2.05) is 0 Å². The van der Waals surface area contributed by atoms with Crippen LogP contribution in [0.15, 0.2) is 0 Å². The van der Waals surface area contributed by atoms with Crippen LogP contribution in [-0.4, -0.2) is 6.67 Å². The summed E-state index contributed by atoms with van der Waals surface area (Å²) in [7, 11) is 0. The van der Waals surface area contributed by atoms with Gasteiger partial charge < -0.3 is 0 Å². The lowest BCUT2D eigenvalue weighted by molar-refractivity contribution is -0.0587. The van der Waals surface area contributed by atoms with Gasteiger partial charge in [-0.05, 0) is 74.5 Å². The Bertz CT molecular complexity index is 186. The Morgan fingerprint density at radius 3 is 1.86 bits per heavy atom. The molecule has 0 radical (unpaired) electrons. The van der Waals surface area contributed by atoms with Crippen molar-refractivity contribution in [1.82, 2.24) is 0 Å². The van der Waals surface area contributed by atoms with Crippen molar-refractivity contribution in [3.63, 3.8) is 0 Å². The highest BCUT2D eigenvalue weighted by Gasteiger charge is 2.50. The third-order valence-electron chi connectivity index (χ3n) is 5.01. The quantitative estimate of drug-likeness (QED) is 0.641. The molecule has 4 rings (SSSR count). The van der Waals surface area contributed by atoms with Crippen LogP contribution in [0.25, 0.3) is 0 Å². The predicted octanol–water partition coefficient (Wildman–Crippen LogP) is 3.95. The second-order valence-corrected chi connectivity index (χ2v) is 6.21. The number of hydrogen-bond acceptors (Lipinski definition) is 0. The predicted molar refractivity (Wildman–Crippen MR) is 55.8 cm³/mol. The second kappa shape index (κ2) is 3.21. The number of halogens is 1. The van der Waals surface area contributed by atoms with Crippen LogP contribution in [0.3, 0.4) is 0 Å². The SMILES string of the molecule is FCCCC12CC3CC(CC(C3)C1)C2. The van der Waals surface area contributed by atoms with Gasteiger partial charge in [-0.25, -0.2) is 0 Å². The Balaban J connectivity index is 1.74. The van der Waals surface area contributed by atoms with Crippen molar-refractivity contribution >= 4 is 0 Å². The van der Waals surface area contributed by atoms with Gasteiger partial charge in [-0.2, -0.15) is 0 Å². The van der Waals surface area contributed by atoms with E-state index in [-0.39, 0.29) is 6.67 Å². The average molecular weight is 196 g/mol. The first-order chi connectivity index (χ1) is 6.80. The van der Waals surface area contributed by atoms with Crippen LogP contribution in [0.4, 0.5) is 4.39 Å². The van der Waals surface area contributed by atoms with Crippen molar-refractivity contribution in [3.8, 4) is 0 Å². The van der Waals surface area contributed by atoms with E-state index in [4.69, 9.17) is 0 Å². The minimum absolute atomic E-state index is 0.0955. The molecule has 0 unspecified atom stereocenters. The smallest absolute Gasteiger partial charge is 0.0894 e. The first kappa shape index (κ1) is 9.18. The zero-order valence-electron chi connectivity index (χ0n) is 8.97. The van der Waals surface area contributed by atoms with Crippen LogP contribution >= 0.6 is 0 Å². The standard InChI is InChI=1S/C13H21F/c14-3-1-2-13-7-10-4-11(8-13)6-12(5-10)9-13/h10-12H,1-9H2. The highest BCUT2D eigenvalue weighted by molar-refractivity contribution is 5.01. The minimum atomic E-state index is -0.0955. The van der Waals surface area contributed by atoms with Crippen molar-refractivity contribution < 1.29 is 4.39 Å². The van der Waals surface area contributed by atoms with Crippen LogP contribution in [0.1, 0.15) is 51.4 Å². The van der Waals surface area contributed by atoms with E-state index >= 15 is 0 Å². The summed E-state index contributed by atoms with van der Waals surface area (Å²) in [4.78, 5) is 0. The third kappa shape index (κ3) is 1.40. The van der Waals surface area contributed by atoms with E-state index in [1.165, 1.54) is 44.9 Å². The summed E-state index contributed by atoms with van der Waals surface area (Å²) < 4.78 is 12.3. The molecule has 0 amide bonds. The maximum Gasteiger partial charge on any atom is 0.0894 e. The number of alkyl halides is 1. The lowest BCUT2D eigenvalue weighted by Crippen LogP contribution is -2.45. The minimum Gasteiger partial charge on any atom is -0.251 e. The fraction of sp³-hybridized carbons (Fsp3) is 1.00. The molecule has 14 heavy (non-hydrogen) atoms. The summed E-state index contributed by atoms with van der Waals surface area (Å²) in [6.45, 7) is -0.0955. The highest BCUT2D eigenvalue weighted by atomic mass is 19.1. The molecular weight excluding hydrogens is 175 g/mol.